The first kappa shape index (κ1) is 18.4. The molecule has 0 radical (unpaired) electrons. The van der Waals surface area contributed by atoms with Crippen LogP contribution in [0.3, 0.4) is 0 Å². The summed E-state index contributed by atoms with van der Waals surface area (Å²) in [5.41, 5.74) is 0.0580. The number of carboxylic acids is 1. The standard InChI is InChI=1S/C17H16ClFN2O5S/c18-11-7-12(19)15(6-10(11)17(22)23)27(24,25)21-5-4-14-13(8-21)20-16(26-14)9-2-1-3-9/h6-7,9H,1-5,8H2,(H,22,23). The summed E-state index contributed by atoms with van der Waals surface area (Å²) in [5, 5.41) is 8.77. The predicted molar refractivity (Wildman–Crippen MR) is 92.8 cm³/mol. The van der Waals surface area contributed by atoms with Crippen LogP contribution >= 0.6 is 11.6 Å². The molecule has 27 heavy (non-hydrogen) atoms. The molecule has 7 nitrogen and oxygen atoms in total. The van der Waals surface area contributed by atoms with Gasteiger partial charge in [0.25, 0.3) is 0 Å². The van der Waals surface area contributed by atoms with Gasteiger partial charge in [0.15, 0.2) is 5.89 Å². The molecule has 1 aromatic carbocycles. The summed E-state index contributed by atoms with van der Waals surface area (Å²) in [5.74, 6) is -0.944. The van der Waals surface area contributed by atoms with Crippen molar-refractivity contribution in [1.29, 1.82) is 0 Å². The summed E-state index contributed by atoms with van der Waals surface area (Å²) in [6, 6.07) is 1.46. The summed E-state index contributed by atoms with van der Waals surface area (Å²) in [6.07, 6.45) is 3.47. The van der Waals surface area contributed by atoms with Crippen molar-refractivity contribution in [2.45, 2.75) is 43.0 Å². The van der Waals surface area contributed by atoms with Gasteiger partial charge in [0.1, 0.15) is 16.5 Å². The molecule has 4 rings (SSSR count). The Labute approximate surface area is 159 Å². The molecule has 0 unspecified atom stereocenters. The minimum atomic E-state index is -4.26. The molecule has 2 heterocycles. The van der Waals surface area contributed by atoms with Gasteiger partial charge in [-0.05, 0) is 25.0 Å². The third-order valence-electron chi connectivity index (χ3n) is 5.03. The molecular formula is C17H16ClFN2O5S. The van der Waals surface area contributed by atoms with Crippen molar-refractivity contribution >= 4 is 27.6 Å². The highest BCUT2D eigenvalue weighted by Crippen LogP contribution is 2.38. The number of nitrogens with zero attached hydrogens (tertiary/aromatic N) is 2. The fraction of sp³-hybridized carbons (Fsp3) is 0.412. The maximum Gasteiger partial charge on any atom is 0.337 e. The first-order valence-corrected chi connectivity index (χ1v) is 10.3. The first-order valence-electron chi connectivity index (χ1n) is 8.48. The number of aromatic carboxylic acids is 1. The molecule has 2 aliphatic rings. The quantitative estimate of drug-likeness (QED) is 0.824. The molecule has 0 spiro atoms. The molecule has 144 valence electrons. The second-order valence-electron chi connectivity index (χ2n) is 6.71. The van der Waals surface area contributed by atoms with E-state index in [2.05, 4.69) is 4.98 Å². The van der Waals surface area contributed by atoms with Crippen LogP contribution in [0.5, 0.6) is 0 Å². The van der Waals surface area contributed by atoms with Gasteiger partial charge < -0.3 is 9.52 Å². The van der Waals surface area contributed by atoms with E-state index in [9.17, 15) is 17.6 Å². The van der Waals surface area contributed by atoms with Crippen LogP contribution < -0.4 is 0 Å². The van der Waals surface area contributed by atoms with E-state index in [1.807, 2.05) is 0 Å². The highest BCUT2D eigenvalue weighted by atomic mass is 35.5. The van der Waals surface area contributed by atoms with Gasteiger partial charge in [-0.15, -0.1) is 0 Å². The van der Waals surface area contributed by atoms with Crippen LogP contribution in [0.4, 0.5) is 4.39 Å². The van der Waals surface area contributed by atoms with Crippen LogP contribution in [0.15, 0.2) is 21.4 Å². The molecule has 1 N–H and O–H groups in total. The SMILES string of the molecule is O=C(O)c1cc(S(=O)(=O)N2CCc3oc(C4CCC4)nc3C2)c(F)cc1Cl. The van der Waals surface area contributed by atoms with Crippen LogP contribution in [0, 0.1) is 5.82 Å². The Morgan fingerprint density at radius 3 is 2.74 bits per heavy atom. The Morgan fingerprint density at radius 2 is 2.11 bits per heavy atom. The Balaban J connectivity index is 1.66. The van der Waals surface area contributed by atoms with Gasteiger partial charge in [-0.25, -0.2) is 22.6 Å². The summed E-state index contributed by atoms with van der Waals surface area (Å²) in [6.45, 7) is 0.0530. The maximum atomic E-state index is 14.3. The fourth-order valence-corrected chi connectivity index (χ4v) is 4.96. The Kier molecular flexibility index (Phi) is 4.48. The largest absolute Gasteiger partial charge is 0.478 e. The van der Waals surface area contributed by atoms with Crippen molar-refractivity contribution < 1.29 is 27.1 Å². The molecule has 10 heteroatoms. The van der Waals surface area contributed by atoms with Crippen molar-refractivity contribution in [2.75, 3.05) is 6.54 Å². The van der Waals surface area contributed by atoms with Crippen LogP contribution in [0.2, 0.25) is 5.02 Å². The Morgan fingerprint density at radius 1 is 1.37 bits per heavy atom. The van der Waals surface area contributed by atoms with E-state index in [1.165, 1.54) is 0 Å². The van der Waals surface area contributed by atoms with Crippen molar-refractivity contribution in [3.63, 3.8) is 0 Å². The zero-order valence-corrected chi connectivity index (χ0v) is 15.7. The molecule has 2 aromatic rings. The zero-order chi connectivity index (χ0) is 19.3. The topological polar surface area (TPSA) is 101 Å². The second kappa shape index (κ2) is 6.57. The molecule has 0 atom stereocenters. The van der Waals surface area contributed by atoms with Crippen molar-refractivity contribution in [3.8, 4) is 0 Å². The van der Waals surface area contributed by atoms with Crippen molar-refractivity contribution in [1.82, 2.24) is 9.29 Å². The number of hydrogen-bond donors (Lipinski definition) is 1. The van der Waals surface area contributed by atoms with Crippen LogP contribution in [0.25, 0.3) is 0 Å². The number of sulfonamides is 1. The van der Waals surface area contributed by atoms with E-state index in [4.69, 9.17) is 21.1 Å². The highest BCUT2D eigenvalue weighted by molar-refractivity contribution is 7.89. The van der Waals surface area contributed by atoms with Gasteiger partial charge in [0.05, 0.1) is 22.8 Å². The second-order valence-corrected chi connectivity index (χ2v) is 9.02. The van der Waals surface area contributed by atoms with Gasteiger partial charge in [0.2, 0.25) is 10.0 Å². The fourth-order valence-electron chi connectivity index (χ4n) is 3.26. The van der Waals surface area contributed by atoms with E-state index < -0.39 is 32.3 Å². The number of carboxylic acid groups (broad SMARTS) is 1. The lowest BCUT2D eigenvalue weighted by molar-refractivity contribution is 0.0696. The summed E-state index contributed by atoms with van der Waals surface area (Å²) >= 11 is 5.70. The summed E-state index contributed by atoms with van der Waals surface area (Å²) < 4.78 is 46.9. The predicted octanol–water partition coefficient (Wildman–Crippen LogP) is 3.18. The Bertz CT molecular complexity index is 1030. The first-order chi connectivity index (χ1) is 12.8. The number of oxazole rings is 1. The van der Waals surface area contributed by atoms with Crippen molar-refractivity contribution in [3.05, 3.63) is 45.9 Å². The molecule has 1 fully saturated rings. The maximum absolute atomic E-state index is 14.3. The monoisotopic (exact) mass is 414 g/mol. The number of benzene rings is 1. The lowest BCUT2D eigenvalue weighted by atomic mass is 9.85. The number of hydrogen-bond acceptors (Lipinski definition) is 5. The number of rotatable bonds is 4. The third kappa shape index (κ3) is 3.13. The van der Waals surface area contributed by atoms with Gasteiger partial charge in [-0.1, -0.05) is 18.0 Å². The molecular weight excluding hydrogens is 399 g/mol. The summed E-state index contributed by atoms with van der Waals surface area (Å²) in [7, 11) is -4.26. The average molecular weight is 415 g/mol. The number of carbonyl (C=O) groups is 1. The number of fused-ring (bicyclic) bond motifs is 1. The number of halogens is 2. The summed E-state index contributed by atoms with van der Waals surface area (Å²) in [4.78, 5) is 14.9. The molecule has 1 saturated carbocycles. The molecule has 0 amide bonds. The number of aromatic nitrogens is 1. The zero-order valence-electron chi connectivity index (χ0n) is 14.1. The average Bonchev–Trinajstić information content (AvgIpc) is 2.94. The van der Waals surface area contributed by atoms with Gasteiger partial charge in [-0.3, -0.25) is 0 Å². The minimum Gasteiger partial charge on any atom is -0.478 e. The van der Waals surface area contributed by atoms with Crippen LogP contribution in [-0.4, -0.2) is 35.3 Å². The Hall–Kier alpha value is -1.97. The molecule has 1 aliphatic heterocycles. The van der Waals surface area contributed by atoms with Gasteiger partial charge >= 0.3 is 5.97 Å². The lowest BCUT2D eigenvalue weighted by Crippen LogP contribution is -2.36. The minimum absolute atomic E-state index is 0.0433. The van der Waals surface area contributed by atoms with Crippen molar-refractivity contribution in [2.24, 2.45) is 0 Å². The van der Waals surface area contributed by atoms with Gasteiger partial charge in [-0.2, -0.15) is 4.31 Å². The molecule has 0 saturated heterocycles. The molecule has 0 bridgehead atoms. The van der Waals surface area contributed by atoms with Crippen LogP contribution in [-0.2, 0) is 23.0 Å². The van der Waals surface area contributed by atoms with E-state index in [1.54, 1.807) is 0 Å². The van der Waals surface area contributed by atoms with Gasteiger partial charge in [0, 0.05) is 18.9 Å². The van der Waals surface area contributed by atoms with E-state index >= 15 is 0 Å². The highest BCUT2D eigenvalue weighted by Gasteiger charge is 2.35. The molecule has 1 aromatic heterocycles. The van der Waals surface area contributed by atoms with Crippen LogP contribution in [0.1, 0.15) is 52.9 Å². The molecule has 1 aliphatic carbocycles. The normalized spacial score (nSPS) is 18.1. The van der Waals surface area contributed by atoms with E-state index in [0.717, 1.165) is 29.6 Å². The third-order valence-corrected chi connectivity index (χ3v) is 7.21. The smallest absolute Gasteiger partial charge is 0.337 e. The van der Waals surface area contributed by atoms with E-state index in [-0.39, 0.29) is 24.0 Å². The lowest BCUT2D eigenvalue weighted by Gasteiger charge is -2.25. The van der Waals surface area contributed by atoms with E-state index in [0.29, 0.717) is 29.8 Å².